The van der Waals surface area contributed by atoms with Gasteiger partial charge < -0.3 is 24.7 Å². The summed E-state index contributed by atoms with van der Waals surface area (Å²) in [5.74, 6) is -0.436. The fraction of sp³-hybridized carbons (Fsp3) is 0.435. The van der Waals surface area contributed by atoms with Crippen molar-refractivity contribution in [1.82, 2.24) is 0 Å². The van der Waals surface area contributed by atoms with Gasteiger partial charge in [0.05, 0.1) is 18.8 Å². The molecule has 1 fully saturated rings. The van der Waals surface area contributed by atoms with Gasteiger partial charge in [-0.1, -0.05) is 20.8 Å². The SMILES string of the molecule is CCCN(C(=O)c1cc(C(C)C)c(O)cc1O)c1ccc(N2CCOCC2)cc1. The first kappa shape index (κ1) is 21.0. The fourth-order valence-electron chi connectivity index (χ4n) is 3.61. The lowest BCUT2D eigenvalue weighted by molar-refractivity contribution is 0.0984. The molecule has 0 saturated carbocycles. The second kappa shape index (κ2) is 9.18. The molecule has 0 radical (unpaired) electrons. The molecular weight excluding hydrogens is 368 g/mol. The van der Waals surface area contributed by atoms with Crippen LogP contribution < -0.4 is 9.80 Å². The Kier molecular flexibility index (Phi) is 6.64. The molecule has 2 N–H and O–H groups in total. The van der Waals surface area contributed by atoms with E-state index in [1.165, 1.54) is 6.07 Å². The van der Waals surface area contributed by atoms with Gasteiger partial charge in [-0.25, -0.2) is 0 Å². The number of anilines is 2. The third kappa shape index (κ3) is 4.65. The van der Waals surface area contributed by atoms with Gasteiger partial charge in [-0.3, -0.25) is 4.79 Å². The van der Waals surface area contributed by atoms with E-state index < -0.39 is 0 Å². The summed E-state index contributed by atoms with van der Waals surface area (Å²) in [4.78, 5) is 17.2. The first-order valence-electron chi connectivity index (χ1n) is 10.2. The lowest BCUT2D eigenvalue weighted by atomic mass is 9.98. The van der Waals surface area contributed by atoms with E-state index in [9.17, 15) is 15.0 Å². The van der Waals surface area contributed by atoms with E-state index in [0.29, 0.717) is 12.1 Å². The summed E-state index contributed by atoms with van der Waals surface area (Å²) < 4.78 is 5.41. The molecule has 0 atom stereocenters. The number of morpholine rings is 1. The van der Waals surface area contributed by atoms with E-state index in [1.54, 1.807) is 11.0 Å². The molecule has 0 bridgehead atoms. The number of phenolic OH excluding ortho intramolecular Hbond substituents is 2. The van der Waals surface area contributed by atoms with Crippen molar-refractivity contribution in [2.45, 2.75) is 33.1 Å². The number of carbonyl (C=O) groups excluding carboxylic acids is 1. The zero-order valence-corrected chi connectivity index (χ0v) is 17.4. The quantitative estimate of drug-likeness (QED) is 0.766. The minimum Gasteiger partial charge on any atom is -0.508 e. The van der Waals surface area contributed by atoms with Crippen molar-refractivity contribution in [1.29, 1.82) is 0 Å². The number of hydrogen-bond donors (Lipinski definition) is 2. The number of phenols is 2. The summed E-state index contributed by atoms with van der Waals surface area (Å²) in [6, 6.07) is 10.8. The Balaban J connectivity index is 1.89. The normalized spacial score (nSPS) is 14.3. The van der Waals surface area contributed by atoms with Crippen molar-refractivity contribution in [3.8, 4) is 11.5 Å². The Bertz CT molecular complexity index is 843. The minimum absolute atomic E-state index is 0.00551. The van der Waals surface area contributed by atoms with E-state index in [-0.39, 0.29) is 28.9 Å². The Morgan fingerprint density at radius 2 is 1.76 bits per heavy atom. The van der Waals surface area contributed by atoms with Crippen LogP contribution in [0.4, 0.5) is 11.4 Å². The van der Waals surface area contributed by atoms with Crippen molar-refractivity contribution < 1.29 is 19.7 Å². The largest absolute Gasteiger partial charge is 0.508 e. The predicted octanol–water partition coefficient (Wildman–Crippen LogP) is 4.11. The molecule has 0 spiro atoms. The molecular formula is C23H30N2O4. The Morgan fingerprint density at radius 1 is 1.10 bits per heavy atom. The van der Waals surface area contributed by atoms with Crippen molar-refractivity contribution in [3.05, 3.63) is 47.5 Å². The van der Waals surface area contributed by atoms with Crippen LogP contribution in [0.5, 0.6) is 11.5 Å². The number of nitrogens with zero attached hydrogens (tertiary/aromatic N) is 2. The third-order valence-corrected chi connectivity index (χ3v) is 5.23. The van der Waals surface area contributed by atoms with Gasteiger partial charge in [-0.05, 0) is 48.2 Å². The van der Waals surface area contributed by atoms with Crippen molar-refractivity contribution in [3.63, 3.8) is 0 Å². The number of rotatable bonds is 6. The highest BCUT2D eigenvalue weighted by Gasteiger charge is 2.23. The lowest BCUT2D eigenvalue weighted by Crippen LogP contribution is -2.36. The van der Waals surface area contributed by atoms with Gasteiger partial charge in [0.25, 0.3) is 5.91 Å². The van der Waals surface area contributed by atoms with Gasteiger partial charge in [0.2, 0.25) is 0 Å². The molecule has 0 unspecified atom stereocenters. The van der Waals surface area contributed by atoms with Crippen molar-refractivity contribution in [2.24, 2.45) is 0 Å². The first-order valence-corrected chi connectivity index (χ1v) is 10.2. The summed E-state index contributed by atoms with van der Waals surface area (Å²) in [7, 11) is 0. The predicted molar refractivity (Wildman–Crippen MR) is 115 cm³/mol. The number of aromatic hydroxyl groups is 2. The second-order valence-corrected chi connectivity index (χ2v) is 7.66. The van der Waals surface area contributed by atoms with Crippen LogP contribution in [-0.2, 0) is 4.74 Å². The summed E-state index contributed by atoms with van der Waals surface area (Å²) >= 11 is 0. The highest BCUT2D eigenvalue weighted by molar-refractivity contribution is 6.08. The molecule has 1 amide bonds. The second-order valence-electron chi connectivity index (χ2n) is 7.66. The first-order chi connectivity index (χ1) is 13.9. The lowest BCUT2D eigenvalue weighted by Gasteiger charge is -2.29. The molecule has 1 aliphatic rings. The standard InChI is InChI=1S/C23H30N2O4/c1-4-9-25(18-7-5-17(6-8-18)24-10-12-29-13-11-24)23(28)20-14-19(16(2)3)21(26)15-22(20)27/h5-8,14-16,26-27H,4,9-13H2,1-3H3. The van der Waals surface area contributed by atoms with Crippen LogP contribution in [-0.4, -0.2) is 49.0 Å². The zero-order valence-electron chi connectivity index (χ0n) is 17.4. The Morgan fingerprint density at radius 3 is 2.34 bits per heavy atom. The molecule has 6 nitrogen and oxygen atoms in total. The third-order valence-electron chi connectivity index (χ3n) is 5.23. The van der Waals surface area contributed by atoms with E-state index in [4.69, 9.17) is 4.74 Å². The van der Waals surface area contributed by atoms with Crippen molar-refractivity contribution in [2.75, 3.05) is 42.6 Å². The summed E-state index contributed by atoms with van der Waals surface area (Å²) in [6.45, 7) is 9.59. The zero-order chi connectivity index (χ0) is 21.0. The number of amides is 1. The topological polar surface area (TPSA) is 73.2 Å². The van der Waals surface area contributed by atoms with Gasteiger partial charge in [-0.15, -0.1) is 0 Å². The summed E-state index contributed by atoms with van der Waals surface area (Å²) in [5, 5.41) is 20.4. The Labute approximate surface area is 172 Å². The summed E-state index contributed by atoms with van der Waals surface area (Å²) in [5.41, 5.74) is 2.74. The highest BCUT2D eigenvalue weighted by Crippen LogP contribution is 2.34. The van der Waals surface area contributed by atoms with Crippen LogP contribution in [0.25, 0.3) is 0 Å². The molecule has 1 saturated heterocycles. The van der Waals surface area contributed by atoms with Crippen LogP contribution >= 0.6 is 0 Å². The van der Waals surface area contributed by atoms with Crippen molar-refractivity contribution >= 4 is 17.3 Å². The number of carbonyl (C=O) groups is 1. The van der Waals surface area contributed by atoms with E-state index in [1.807, 2.05) is 45.0 Å². The number of hydrogen-bond acceptors (Lipinski definition) is 5. The molecule has 0 aromatic heterocycles. The van der Waals surface area contributed by atoms with E-state index in [2.05, 4.69) is 4.90 Å². The molecule has 29 heavy (non-hydrogen) atoms. The van der Waals surface area contributed by atoms with Gasteiger partial charge in [0, 0.05) is 37.1 Å². The average molecular weight is 399 g/mol. The van der Waals surface area contributed by atoms with Crippen LogP contribution in [0.2, 0.25) is 0 Å². The molecule has 6 heteroatoms. The molecule has 1 heterocycles. The van der Waals surface area contributed by atoms with Crippen LogP contribution in [0.3, 0.4) is 0 Å². The van der Waals surface area contributed by atoms with E-state index in [0.717, 1.165) is 44.1 Å². The molecule has 156 valence electrons. The smallest absolute Gasteiger partial charge is 0.262 e. The summed E-state index contributed by atoms with van der Waals surface area (Å²) in [6.07, 6.45) is 0.785. The van der Waals surface area contributed by atoms with Crippen LogP contribution in [0.15, 0.2) is 36.4 Å². The highest BCUT2D eigenvalue weighted by atomic mass is 16.5. The van der Waals surface area contributed by atoms with Gasteiger partial charge in [0.1, 0.15) is 11.5 Å². The number of ether oxygens (including phenoxy) is 1. The number of benzene rings is 2. The molecule has 3 rings (SSSR count). The van der Waals surface area contributed by atoms with Gasteiger partial charge in [0.15, 0.2) is 0 Å². The average Bonchev–Trinajstić information content (AvgIpc) is 2.72. The monoisotopic (exact) mass is 398 g/mol. The van der Waals surface area contributed by atoms with Gasteiger partial charge >= 0.3 is 0 Å². The maximum atomic E-state index is 13.3. The van der Waals surface area contributed by atoms with E-state index >= 15 is 0 Å². The van der Waals surface area contributed by atoms with Crippen LogP contribution in [0, 0.1) is 0 Å². The molecule has 2 aromatic carbocycles. The Hall–Kier alpha value is -2.73. The molecule has 2 aromatic rings. The maximum absolute atomic E-state index is 13.3. The maximum Gasteiger partial charge on any atom is 0.262 e. The molecule has 1 aliphatic heterocycles. The van der Waals surface area contributed by atoms with Gasteiger partial charge in [-0.2, -0.15) is 0 Å². The fourth-order valence-corrected chi connectivity index (χ4v) is 3.61. The minimum atomic E-state index is -0.273. The molecule has 0 aliphatic carbocycles. The van der Waals surface area contributed by atoms with Crippen LogP contribution in [0.1, 0.15) is 49.0 Å².